The zero-order valence-corrected chi connectivity index (χ0v) is 11.4. The van der Waals surface area contributed by atoms with Crippen LogP contribution < -0.4 is 0 Å². The van der Waals surface area contributed by atoms with Crippen LogP contribution >= 0.6 is 11.3 Å². The van der Waals surface area contributed by atoms with Gasteiger partial charge >= 0.3 is 0 Å². The quantitative estimate of drug-likeness (QED) is 0.817. The third-order valence-corrected chi connectivity index (χ3v) is 3.79. The zero-order chi connectivity index (χ0) is 12.5. The van der Waals surface area contributed by atoms with Crippen molar-refractivity contribution in [2.24, 2.45) is 0 Å². The van der Waals surface area contributed by atoms with Crippen LogP contribution in [0.3, 0.4) is 0 Å². The van der Waals surface area contributed by atoms with Gasteiger partial charge in [0.1, 0.15) is 0 Å². The highest BCUT2D eigenvalue weighted by Crippen LogP contribution is 2.34. The van der Waals surface area contributed by atoms with Gasteiger partial charge in [0.2, 0.25) is 0 Å². The molecule has 2 heterocycles. The highest BCUT2D eigenvalue weighted by Gasteiger charge is 2.27. The number of thiazole rings is 1. The Balaban J connectivity index is 1.63. The third-order valence-electron chi connectivity index (χ3n) is 2.96. The van der Waals surface area contributed by atoms with Gasteiger partial charge < -0.3 is 0 Å². The molecule has 3 rings (SSSR count). The molecule has 0 bridgehead atoms. The molecule has 2 aromatic rings. The van der Waals surface area contributed by atoms with Gasteiger partial charge in [0, 0.05) is 11.9 Å². The summed E-state index contributed by atoms with van der Waals surface area (Å²) in [6, 6.07) is 0.532. The highest BCUT2D eigenvalue weighted by molar-refractivity contribution is 7.09. The fourth-order valence-corrected chi connectivity index (χ4v) is 2.58. The van der Waals surface area contributed by atoms with Gasteiger partial charge in [0.05, 0.1) is 23.3 Å². The predicted octanol–water partition coefficient (Wildman–Crippen LogP) is 1.40. The fourth-order valence-electron chi connectivity index (χ4n) is 1.97. The number of hydrogen-bond acceptors (Lipinski definition) is 6. The van der Waals surface area contributed by atoms with Crippen molar-refractivity contribution >= 4 is 11.3 Å². The molecule has 0 amide bonds. The van der Waals surface area contributed by atoms with Crippen LogP contribution in [0.1, 0.15) is 35.4 Å². The van der Waals surface area contributed by atoms with Crippen LogP contribution in [0, 0.1) is 6.92 Å². The van der Waals surface area contributed by atoms with E-state index in [1.807, 2.05) is 11.6 Å². The molecule has 7 heteroatoms. The molecular formula is C11H16N6S. The average molecular weight is 264 g/mol. The lowest BCUT2D eigenvalue weighted by Gasteiger charge is -2.14. The molecule has 0 spiro atoms. The molecule has 0 atom stereocenters. The van der Waals surface area contributed by atoms with E-state index in [1.165, 1.54) is 12.8 Å². The number of rotatable bonds is 5. The minimum Gasteiger partial charge on any atom is -0.293 e. The van der Waals surface area contributed by atoms with Crippen molar-refractivity contribution in [2.45, 2.75) is 38.9 Å². The first-order valence-electron chi connectivity index (χ1n) is 6.08. The Kier molecular flexibility index (Phi) is 3.09. The number of tetrazole rings is 1. The number of hydrogen-bond donors (Lipinski definition) is 0. The molecule has 6 nitrogen and oxygen atoms in total. The lowest BCUT2D eigenvalue weighted by Crippen LogP contribution is -2.20. The zero-order valence-electron chi connectivity index (χ0n) is 10.6. The summed E-state index contributed by atoms with van der Waals surface area (Å²) in [5.41, 5.74) is 1.12. The standard InChI is InChI=1S/C11H16N6S/c1-8-12-9(7-18-8)5-16(2)6-11-13-14-15-17(11)10-3-4-10/h7,10H,3-6H2,1-2H3. The van der Waals surface area contributed by atoms with Crippen LogP contribution in [0.2, 0.25) is 0 Å². The van der Waals surface area contributed by atoms with Gasteiger partial charge in [-0.05, 0) is 37.2 Å². The van der Waals surface area contributed by atoms with Crippen molar-refractivity contribution in [1.29, 1.82) is 0 Å². The van der Waals surface area contributed by atoms with E-state index in [2.05, 4.69) is 37.8 Å². The Morgan fingerprint density at radius 2 is 2.28 bits per heavy atom. The lowest BCUT2D eigenvalue weighted by molar-refractivity contribution is 0.299. The van der Waals surface area contributed by atoms with E-state index < -0.39 is 0 Å². The molecule has 1 aliphatic rings. The van der Waals surface area contributed by atoms with Crippen LogP contribution in [0.15, 0.2) is 5.38 Å². The molecule has 1 fully saturated rings. The topological polar surface area (TPSA) is 59.7 Å². The van der Waals surface area contributed by atoms with E-state index in [4.69, 9.17) is 0 Å². The molecule has 0 aliphatic heterocycles. The monoisotopic (exact) mass is 264 g/mol. The maximum atomic E-state index is 4.47. The highest BCUT2D eigenvalue weighted by atomic mass is 32.1. The van der Waals surface area contributed by atoms with Crippen molar-refractivity contribution in [3.8, 4) is 0 Å². The van der Waals surface area contributed by atoms with Crippen LogP contribution in [-0.4, -0.2) is 37.1 Å². The Hall–Kier alpha value is -1.34. The van der Waals surface area contributed by atoms with Gasteiger partial charge in [0.25, 0.3) is 0 Å². The Labute approximate surface area is 110 Å². The van der Waals surface area contributed by atoms with Gasteiger partial charge in [0.15, 0.2) is 5.82 Å². The van der Waals surface area contributed by atoms with Crippen molar-refractivity contribution in [3.63, 3.8) is 0 Å². The maximum absolute atomic E-state index is 4.47. The molecule has 0 unspecified atom stereocenters. The molecule has 1 saturated carbocycles. The Morgan fingerprint density at radius 3 is 2.94 bits per heavy atom. The smallest absolute Gasteiger partial charge is 0.165 e. The van der Waals surface area contributed by atoms with Crippen molar-refractivity contribution in [2.75, 3.05) is 7.05 Å². The fraction of sp³-hybridized carbons (Fsp3) is 0.636. The SMILES string of the molecule is Cc1nc(CN(C)Cc2nnnn2C2CC2)cs1. The molecule has 2 aromatic heterocycles. The van der Waals surface area contributed by atoms with Gasteiger partial charge in [-0.25, -0.2) is 9.67 Å². The second kappa shape index (κ2) is 4.74. The summed E-state index contributed by atoms with van der Waals surface area (Å²) in [6.07, 6.45) is 2.40. The molecule has 96 valence electrons. The van der Waals surface area contributed by atoms with E-state index in [9.17, 15) is 0 Å². The molecule has 0 saturated heterocycles. The van der Waals surface area contributed by atoms with E-state index in [1.54, 1.807) is 11.3 Å². The molecule has 18 heavy (non-hydrogen) atoms. The third kappa shape index (κ3) is 2.56. The molecular weight excluding hydrogens is 248 g/mol. The van der Waals surface area contributed by atoms with Crippen molar-refractivity contribution in [3.05, 3.63) is 21.9 Å². The minimum absolute atomic E-state index is 0.532. The molecule has 0 N–H and O–H groups in total. The normalized spacial score (nSPS) is 15.5. The summed E-state index contributed by atoms with van der Waals surface area (Å²) >= 11 is 1.69. The number of aromatic nitrogens is 5. The predicted molar refractivity (Wildman–Crippen MR) is 68.1 cm³/mol. The second-order valence-corrected chi connectivity index (χ2v) is 5.86. The van der Waals surface area contributed by atoms with Gasteiger partial charge in [-0.2, -0.15) is 0 Å². The van der Waals surface area contributed by atoms with Crippen molar-refractivity contribution in [1.82, 2.24) is 30.1 Å². The summed E-state index contributed by atoms with van der Waals surface area (Å²) in [5.74, 6) is 0.951. The first-order chi connectivity index (χ1) is 8.72. The van der Waals surface area contributed by atoms with Crippen molar-refractivity contribution < 1.29 is 0 Å². The van der Waals surface area contributed by atoms with E-state index in [0.717, 1.165) is 29.6 Å². The lowest BCUT2D eigenvalue weighted by atomic mass is 10.4. The first kappa shape index (κ1) is 11.7. The largest absolute Gasteiger partial charge is 0.293 e. The second-order valence-electron chi connectivity index (χ2n) is 4.80. The summed E-state index contributed by atoms with van der Waals surface area (Å²) in [6.45, 7) is 3.63. The van der Waals surface area contributed by atoms with E-state index in [0.29, 0.717) is 6.04 Å². The summed E-state index contributed by atoms with van der Waals surface area (Å²) < 4.78 is 1.96. The van der Waals surface area contributed by atoms with Crippen LogP contribution in [0.25, 0.3) is 0 Å². The van der Waals surface area contributed by atoms with Crippen LogP contribution in [-0.2, 0) is 13.1 Å². The number of aryl methyl sites for hydroxylation is 1. The molecule has 0 radical (unpaired) electrons. The van der Waals surface area contributed by atoms with Gasteiger partial charge in [-0.1, -0.05) is 0 Å². The number of nitrogens with zero attached hydrogens (tertiary/aromatic N) is 6. The van der Waals surface area contributed by atoms with Crippen LogP contribution in [0.5, 0.6) is 0 Å². The molecule has 1 aliphatic carbocycles. The summed E-state index contributed by atoms with van der Waals surface area (Å²) in [5, 5.41) is 15.2. The summed E-state index contributed by atoms with van der Waals surface area (Å²) in [7, 11) is 2.07. The van der Waals surface area contributed by atoms with Crippen LogP contribution in [0.4, 0.5) is 0 Å². The minimum atomic E-state index is 0.532. The molecule has 0 aromatic carbocycles. The van der Waals surface area contributed by atoms with Gasteiger partial charge in [-0.15, -0.1) is 16.4 Å². The summed E-state index contributed by atoms with van der Waals surface area (Å²) in [4.78, 5) is 6.66. The maximum Gasteiger partial charge on any atom is 0.165 e. The van der Waals surface area contributed by atoms with E-state index >= 15 is 0 Å². The first-order valence-corrected chi connectivity index (χ1v) is 6.96. The van der Waals surface area contributed by atoms with Gasteiger partial charge in [-0.3, -0.25) is 4.90 Å². The Bertz CT molecular complexity index is 529. The Morgan fingerprint density at radius 1 is 1.44 bits per heavy atom. The van der Waals surface area contributed by atoms with E-state index in [-0.39, 0.29) is 0 Å². The average Bonchev–Trinajstić information content (AvgIpc) is 2.94.